The molecule has 0 atom stereocenters. The lowest BCUT2D eigenvalue weighted by Crippen LogP contribution is -2.03. The van der Waals surface area contributed by atoms with Gasteiger partial charge in [0.15, 0.2) is 0 Å². The van der Waals surface area contributed by atoms with Gasteiger partial charge in [0.05, 0.1) is 11.2 Å². The second-order valence-electron chi connectivity index (χ2n) is 3.03. The lowest BCUT2D eigenvalue weighted by molar-refractivity contribution is 1.13. The Morgan fingerprint density at radius 1 is 1.43 bits per heavy atom. The first-order chi connectivity index (χ1) is 6.81. The molecule has 0 amide bonds. The molecule has 0 saturated heterocycles. The third-order valence-corrected chi connectivity index (χ3v) is 2.07. The lowest BCUT2D eigenvalue weighted by atomic mass is 10.1. The lowest BCUT2D eigenvalue weighted by Gasteiger charge is -2.01. The largest absolute Gasteiger partial charge is 0.322 e. The van der Waals surface area contributed by atoms with Crippen LogP contribution in [0.3, 0.4) is 0 Å². The fraction of sp³-hybridized carbons (Fsp3) is 0.0909. The summed E-state index contributed by atoms with van der Waals surface area (Å²) in [6.07, 6.45) is 4.20. The smallest absolute Gasteiger partial charge is 0.248 e. The third-order valence-electron chi connectivity index (χ3n) is 2.07. The van der Waals surface area contributed by atoms with Crippen LogP contribution >= 0.6 is 0 Å². The number of pyridine rings is 2. The Labute approximate surface area is 81.1 Å². The van der Waals surface area contributed by atoms with E-state index in [1.54, 1.807) is 24.4 Å². The van der Waals surface area contributed by atoms with E-state index in [4.69, 9.17) is 0 Å². The van der Waals surface area contributed by atoms with Gasteiger partial charge in [-0.1, -0.05) is 6.08 Å². The molecule has 70 valence electrons. The van der Waals surface area contributed by atoms with Crippen molar-refractivity contribution in [3.63, 3.8) is 0 Å². The van der Waals surface area contributed by atoms with Crippen LogP contribution in [0.4, 0.5) is 0 Å². The van der Waals surface area contributed by atoms with Gasteiger partial charge in [0.2, 0.25) is 5.56 Å². The number of rotatable bonds is 2. The minimum absolute atomic E-state index is 0.0896. The van der Waals surface area contributed by atoms with Gasteiger partial charge in [-0.3, -0.25) is 9.78 Å². The van der Waals surface area contributed by atoms with Crippen molar-refractivity contribution in [2.24, 2.45) is 0 Å². The fourth-order valence-electron chi connectivity index (χ4n) is 1.44. The monoisotopic (exact) mass is 186 g/mol. The first kappa shape index (κ1) is 8.69. The summed E-state index contributed by atoms with van der Waals surface area (Å²) in [5, 5.41) is 0.979. The van der Waals surface area contributed by atoms with E-state index < -0.39 is 0 Å². The number of nitrogens with one attached hydrogen (secondary N) is 1. The molecule has 2 aromatic rings. The second kappa shape index (κ2) is 3.46. The molecule has 2 rings (SSSR count). The second-order valence-corrected chi connectivity index (χ2v) is 3.03. The third kappa shape index (κ3) is 1.44. The van der Waals surface area contributed by atoms with E-state index >= 15 is 0 Å². The fourth-order valence-corrected chi connectivity index (χ4v) is 1.44. The van der Waals surface area contributed by atoms with Gasteiger partial charge in [-0.05, 0) is 12.1 Å². The summed E-state index contributed by atoms with van der Waals surface area (Å²) < 4.78 is 0. The maximum absolute atomic E-state index is 11.1. The predicted octanol–water partition coefficient (Wildman–Crippen LogP) is 1.65. The van der Waals surface area contributed by atoms with E-state index in [1.807, 2.05) is 0 Å². The average molecular weight is 186 g/mol. The Hall–Kier alpha value is -1.90. The molecule has 0 fully saturated rings. The Bertz CT molecular complexity index is 528. The number of hydrogen-bond donors (Lipinski definition) is 1. The SMILES string of the molecule is C=CCc1nccc2[nH]c(=O)ccc12. The molecule has 0 aliphatic carbocycles. The predicted molar refractivity (Wildman–Crippen MR) is 56.3 cm³/mol. The minimum Gasteiger partial charge on any atom is -0.322 e. The molecule has 0 unspecified atom stereocenters. The molecule has 1 N–H and O–H groups in total. The molecule has 0 aromatic carbocycles. The highest BCUT2D eigenvalue weighted by atomic mass is 16.1. The van der Waals surface area contributed by atoms with Crippen molar-refractivity contribution in [1.82, 2.24) is 9.97 Å². The van der Waals surface area contributed by atoms with Crippen LogP contribution in [0, 0.1) is 0 Å². The van der Waals surface area contributed by atoms with Gasteiger partial charge in [-0.2, -0.15) is 0 Å². The van der Waals surface area contributed by atoms with Gasteiger partial charge in [0.25, 0.3) is 0 Å². The highest BCUT2D eigenvalue weighted by Crippen LogP contribution is 2.12. The molecule has 0 bridgehead atoms. The molecule has 0 radical (unpaired) electrons. The van der Waals surface area contributed by atoms with Crippen molar-refractivity contribution in [1.29, 1.82) is 0 Å². The maximum atomic E-state index is 11.1. The molecule has 14 heavy (non-hydrogen) atoms. The highest BCUT2D eigenvalue weighted by molar-refractivity contribution is 5.80. The van der Waals surface area contributed by atoms with Gasteiger partial charge in [-0.15, -0.1) is 6.58 Å². The zero-order chi connectivity index (χ0) is 9.97. The van der Waals surface area contributed by atoms with Gasteiger partial charge >= 0.3 is 0 Å². The van der Waals surface area contributed by atoms with Crippen LogP contribution in [-0.2, 0) is 6.42 Å². The number of fused-ring (bicyclic) bond motifs is 1. The molecule has 2 heterocycles. The number of aromatic nitrogens is 2. The van der Waals surface area contributed by atoms with Crippen molar-refractivity contribution < 1.29 is 0 Å². The van der Waals surface area contributed by atoms with Crippen molar-refractivity contribution in [2.45, 2.75) is 6.42 Å². The standard InChI is InChI=1S/C11H10N2O/c1-2-3-9-8-4-5-11(14)13-10(8)6-7-12-9/h2,4-7H,1,3H2,(H,13,14). The summed E-state index contributed by atoms with van der Waals surface area (Å²) in [6.45, 7) is 3.67. The molecule has 0 aliphatic rings. The van der Waals surface area contributed by atoms with Crippen LogP contribution in [0.15, 0.2) is 41.8 Å². The van der Waals surface area contributed by atoms with Crippen molar-refractivity contribution in [2.75, 3.05) is 0 Å². The topological polar surface area (TPSA) is 45.8 Å². The first-order valence-corrected chi connectivity index (χ1v) is 4.39. The average Bonchev–Trinajstić information content (AvgIpc) is 2.18. The Balaban J connectivity index is 2.74. The number of hydrogen-bond acceptors (Lipinski definition) is 2. The molecule has 0 saturated carbocycles. The van der Waals surface area contributed by atoms with E-state index in [9.17, 15) is 4.79 Å². The van der Waals surface area contributed by atoms with E-state index in [1.165, 1.54) is 6.07 Å². The molecular formula is C11H10N2O. The van der Waals surface area contributed by atoms with Gasteiger partial charge < -0.3 is 4.98 Å². The number of H-pyrrole nitrogens is 1. The van der Waals surface area contributed by atoms with Crippen molar-refractivity contribution in [3.8, 4) is 0 Å². The molecule has 0 aliphatic heterocycles. The number of allylic oxidation sites excluding steroid dienone is 1. The van der Waals surface area contributed by atoms with Crippen LogP contribution in [0.1, 0.15) is 5.69 Å². The molecule has 3 nitrogen and oxygen atoms in total. The summed E-state index contributed by atoms with van der Waals surface area (Å²) >= 11 is 0. The Kier molecular flexibility index (Phi) is 2.14. The summed E-state index contributed by atoms with van der Waals surface area (Å²) in [7, 11) is 0. The van der Waals surface area contributed by atoms with E-state index in [0.717, 1.165) is 16.6 Å². The summed E-state index contributed by atoms with van der Waals surface area (Å²) in [6, 6.07) is 5.10. The van der Waals surface area contributed by atoms with Crippen LogP contribution < -0.4 is 5.56 Å². The van der Waals surface area contributed by atoms with E-state index in [-0.39, 0.29) is 5.56 Å². The van der Waals surface area contributed by atoms with E-state index in [0.29, 0.717) is 6.42 Å². The highest BCUT2D eigenvalue weighted by Gasteiger charge is 2.00. The van der Waals surface area contributed by atoms with Crippen LogP contribution in [0.25, 0.3) is 10.9 Å². The first-order valence-electron chi connectivity index (χ1n) is 4.39. The summed E-state index contributed by atoms with van der Waals surface area (Å²) in [5.74, 6) is 0. The van der Waals surface area contributed by atoms with Crippen molar-refractivity contribution >= 4 is 10.9 Å². The minimum atomic E-state index is -0.0896. The molecule has 3 heteroatoms. The number of aromatic amines is 1. The van der Waals surface area contributed by atoms with Crippen molar-refractivity contribution in [3.05, 3.63) is 53.1 Å². The van der Waals surface area contributed by atoms with Crippen LogP contribution in [0.5, 0.6) is 0 Å². The van der Waals surface area contributed by atoms with Gasteiger partial charge in [-0.25, -0.2) is 0 Å². The molecular weight excluding hydrogens is 176 g/mol. The van der Waals surface area contributed by atoms with Gasteiger partial charge in [0.1, 0.15) is 0 Å². The Morgan fingerprint density at radius 3 is 3.07 bits per heavy atom. The summed E-state index contributed by atoms with van der Waals surface area (Å²) in [4.78, 5) is 18.0. The molecule has 0 spiro atoms. The van der Waals surface area contributed by atoms with E-state index in [2.05, 4.69) is 16.5 Å². The number of nitrogens with zero attached hydrogens (tertiary/aromatic N) is 1. The van der Waals surface area contributed by atoms with Crippen LogP contribution in [0.2, 0.25) is 0 Å². The zero-order valence-electron chi connectivity index (χ0n) is 7.66. The van der Waals surface area contributed by atoms with Gasteiger partial charge in [0, 0.05) is 24.1 Å². The summed E-state index contributed by atoms with van der Waals surface area (Å²) in [5.41, 5.74) is 1.67. The molecule has 2 aromatic heterocycles. The maximum Gasteiger partial charge on any atom is 0.248 e. The Morgan fingerprint density at radius 2 is 2.29 bits per heavy atom. The quantitative estimate of drug-likeness (QED) is 0.725. The zero-order valence-corrected chi connectivity index (χ0v) is 7.66. The normalized spacial score (nSPS) is 10.3. The van der Waals surface area contributed by atoms with Crippen LogP contribution in [-0.4, -0.2) is 9.97 Å².